The number of benzene rings is 1. The van der Waals surface area contributed by atoms with Crippen LogP contribution >= 0.6 is 0 Å². The van der Waals surface area contributed by atoms with Gasteiger partial charge < -0.3 is 15.4 Å². The Balaban J connectivity index is 1.34. The van der Waals surface area contributed by atoms with E-state index in [1.165, 1.54) is 0 Å². The molecule has 2 N–H and O–H groups in total. The van der Waals surface area contributed by atoms with E-state index >= 15 is 0 Å². The van der Waals surface area contributed by atoms with Crippen LogP contribution in [0.4, 0.5) is 19.1 Å². The number of piperidine rings is 1. The number of ether oxygens (including phenoxy) is 1. The van der Waals surface area contributed by atoms with Crippen LogP contribution < -0.4 is 15.4 Å². The third-order valence-electron chi connectivity index (χ3n) is 7.63. The van der Waals surface area contributed by atoms with E-state index in [1.54, 1.807) is 28.5 Å². The lowest BCUT2D eigenvalue weighted by molar-refractivity contribution is 0.110. The Morgan fingerprint density at radius 3 is 2.30 bits per heavy atom. The number of rotatable bonds is 8. The molecule has 2 saturated heterocycles. The van der Waals surface area contributed by atoms with E-state index in [9.17, 15) is 21.6 Å². The summed E-state index contributed by atoms with van der Waals surface area (Å²) in [5.41, 5.74) is 6.22. The molecule has 8 nitrogen and oxygen atoms in total. The Morgan fingerprint density at radius 2 is 1.68 bits per heavy atom. The van der Waals surface area contributed by atoms with Crippen molar-refractivity contribution in [2.45, 2.75) is 63.3 Å². The maximum Gasteiger partial charge on any atom is 0.225 e. The zero-order valence-corrected chi connectivity index (χ0v) is 22.1. The van der Waals surface area contributed by atoms with Crippen LogP contribution in [0.2, 0.25) is 0 Å². The van der Waals surface area contributed by atoms with Crippen molar-refractivity contribution in [3.8, 4) is 5.75 Å². The first-order valence-electron chi connectivity index (χ1n) is 12.6. The van der Waals surface area contributed by atoms with Crippen LogP contribution in [0.15, 0.2) is 24.5 Å². The summed E-state index contributed by atoms with van der Waals surface area (Å²) in [7, 11) is -3.26. The fraction of sp³-hybridized carbons (Fsp3) is 0.600. The average molecular weight is 542 g/mol. The quantitative estimate of drug-likeness (QED) is 0.511. The highest BCUT2D eigenvalue weighted by atomic mass is 32.2. The zero-order valence-electron chi connectivity index (χ0n) is 21.3. The van der Waals surface area contributed by atoms with E-state index in [-0.39, 0.29) is 29.4 Å². The van der Waals surface area contributed by atoms with Gasteiger partial charge in [0.05, 0.1) is 23.7 Å². The third-order valence-corrected chi connectivity index (χ3v) is 10.1. The molecule has 1 aromatic carbocycles. The zero-order chi connectivity index (χ0) is 26.9. The largest absolute Gasteiger partial charge is 0.487 e. The number of nitrogens with two attached hydrogens (primary N) is 1. The van der Waals surface area contributed by atoms with E-state index in [0.29, 0.717) is 56.7 Å². The number of hydrogen-bond donors (Lipinski definition) is 1. The number of hydrogen-bond acceptors (Lipinski definition) is 7. The molecule has 3 heterocycles. The summed E-state index contributed by atoms with van der Waals surface area (Å²) in [6.07, 6.45) is 4.97. The van der Waals surface area contributed by atoms with Crippen molar-refractivity contribution < 1.29 is 26.3 Å². The molecule has 12 heteroatoms. The van der Waals surface area contributed by atoms with Crippen LogP contribution in [0, 0.1) is 23.4 Å². The molecule has 1 unspecified atom stereocenters. The summed E-state index contributed by atoms with van der Waals surface area (Å²) >= 11 is 0. The smallest absolute Gasteiger partial charge is 0.225 e. The van der Waals surface area contributed by atoms with E-state index in [0.717, 1.165) is 6.07 Å². The molecule has 2 fully saturated rings. The summed E-state index contributed by atoms with van der Waals surface area (Å²) in [5.74, 6) is -2.66. The van der Waals surface area contributed by atoms with Gasteiger partial charge in [0.15, 0.2) is 17.4 Å². The Morgan fingerprint density at radius 1 is 1.05 bits per heavy atom. The lowest BCUT2D eigenvalue weighted by atomic mass is 9.93. The predicted octanol–water partition coefficient (Wildman–Crippen LogP) is 3.43. The highest BCUT2D eigenvalue weighted by molar-refractivity contribution is 7.89. The standard InChI is InChI=1S/C25H34F3N5O3S/c1-4-15(2)37(34,35)33-7-5-17(6-8-33)16(3)36-18-11-30-25(31-12-18)32-13-20(24(29)14-32)19-9-22(27)23(28)10-21(19)26/h9-12,15-17,20,24H,4-8,13-14,29H2,1-3H3/t15-,16?,20+,24-/m0/s1. The molecule has 37 heavy (non-hydrogen) atoms. The summed E-state index contributed by atoms with van der Waals surface area (Å²) < 4.78 is 74.2. The molecule has 4 atom stereocenters. The van der Waals surface area contributed by atoms with E-state index < -0.39 is 39.4 Å². The number of halogens is 3. The van der Waals surface area contributed by atoms with Crippen molar-refractivity contribution in [2.75, 3.05) is 31.1 Å². The lowest BCUT2D eigenvalue weighted by Gasteiger charge is -2.35. The van der Waals surface area contributed by atoms with Gasteiger partial charge in [-0.3, -0.25) is 0 Å². The molecule has 0 bridgehead atoms. The Labute approximate surface area is 216 Å². The van der Waals surface area contributed by atoms with Crippen molar-refractivity contribution in [3.63, 3.8) is 0 Å². The minimum atomic E-state index is -3.26. The Hall–Kier alpha value is -2.44. The van der Waals surface area contributed by atoms with Crippen molar-refractivity contribution in [2.24, 2.45) is 11.7 Å². The van der Waals surface area contributed by atoms with Crippen molar-refractivity contribution in [3.05, 3.63) is 47.5 Å². The van der Waals surface area contributed by atoms with Crippen LogP contribution in [0.25, 0.3) is 0 Å². The van der Waals surface area contributed by atoms with E-state index in [1.807, 2.05) is 13.8 Å². The first-order valence-corrected chi connectivity index (χ1v) is 14.1. The summed E-state index contributed by atoms with van der Waals surface area (Å²) in [6.45, 7) is 7.13. The second-order valence-corrected chi connectivity index (χ2v) is 12.4. The van der Waals surface area contributed by atoms with Crippen LogP contribution in [-0.4, -0.2) is 66.3 Å². The second kappa shape index (κ2) is 11.1. The van der Waals surface area contributed by atoms with Gasteiger partial charge in [0.2, 0.25) is 16.0 Å². The predicted molar refractivity (Wildman–Crippen MR) is 134 cm³/mol. The first-order chi connectivity index (χ1) is 17.5. The van der Waals surface area contributed by atoms with Crippen molar-refractivity contribution in [1.29, 1.82) is 0 Å². The highest BCUT2D eigenvalue weighted by Gasteiger charge is 2.36. The molecule has 0 radical (unpaired) electrons. The highest BCUT2D eigenvalue weighted by Crippen LogP contribution is 2.32. The Bertz CT molecular complexity index is 1190. The van der Waals surface area contributed by atoms with Gasteiger partial charge in [0, 0.05) is 44.2 Å². The fourth-order valence-corrected chi connectivity index (χ4v) is 6.70. The van der Waals surface area contributed by atoms with E-state index in [4.69, 9.17) is 10.5 Å². The summed E-state index contributed by atoms with van der Waals surface area (Å²) in [6, 6.07) is 0.898. The average Bonchev–Trinajstić information content (AvgIpc) is 3.27. The van der Waals surface area contributed by atoms with Gasteiger partial charge in [-0.2, -0.15) is 0 Å². The molecule has 0 saturated carbocycles. The molecule has 4 rings (SSSR count). The van der Waals surface area contributed by atoms with E-state index in [2.05, 4.69) is 9.97 Å². The van der Waals surface area contributed by atoms with Crippen LogP contribution in [0.1, 0.15) is 51.5 Å². The molecular formula is C25H34F3N5O3S. The topological polar surface area (TPSA) is 102 Å². The monoisotopic (exact) mass is 541 g/mol. The summed E-state index contributed by atoms with van der Waals surface area (Å²) in [4.78, 5) is 10.5. The van der Waals surface area contributed by atoms with Gasteiger partial charge in [0.25, 0.3) is 0 Å². The number of nitrogens with zero attached hydrogens (tertiary/aromatic N) is 4. The maximum atomic E-state index is 14.3. The van der Waals surface area contributed by atoms with Gasteiger partial charge >= 0.3 is 0 Å². The minimum Gasteiger partial charge on any atom is -0.487 e. The SMILES string of the molecule is CC[C@H](C)S(=O)(=O)N1CCC(C(C)Oc2cnc(N3C[C@H](c4cc(F)c(F)cc4F)[C@@H](N)C3)nc2)CC1. The van der Waals surface area contributed by atoms with Gasteiger partial charge in [0.1, 0.15) is 5.82 Å². The van der Waals surface area contributed by atoms with Crippen LogP contribution in [0.3, 0.4) is 0 Å². The molecule has 204 valence electrons. The maximum absolute atomic E-state index is 14.3. The van der Waals surface area contributed by atoms with Gasteiger partial charge in [-0.05, 0) is 50.7 Å². The lowest BCUT2D eigenvalue weighted by Crippen LogP contribution is -2.44. The van der Waals surface area contributed by atoms with Crippen molar-refractivity contribution in [1.82, 2.24) is 14.3 Å². The molecule has 0 amide bonds. The molecule has 2 aliphatic heterocycles. The molecule has 2 aromatic rings. The number of sulfonamides is 1. The number of anilines is 1. The minimum absolute atomic E-state index is 0.0330. The van der Waals surface area contributed by atoms with Crippen LogP contribution in [0.5, 0.6) is 5.75 Å². The van der Waals surface area contributed by atoms with Gasteiger partial charge in [-0.25, -0.2) is 35.9 Å². The first kappa shape index (κ1) is 27.6. The molecular weight excluding hydrogens is 507 g/mol. The molecule has 0 spiro atoms. The fourth-order valence-electron chi connectivity index (χ4n) is 5.05. The normalized spacial score (nSPS) is 23.3. The number of aromatic nitrogens is 2. The van der Waals surface area contributed by atoms with Gasteiger partial charge in [-0.1, -0.05) is 6.92 Å². The molecule has 0 aliphatic carbocycles. The molecule has 2 aliphatic rings. The summed E-state index contributed by atoms with van der Waals surface area (Å²) in [5, 5.41) is -0.385. The van der Waals surface area contributed by atoms with Crippen molar-refractivity contribution >= 4 is 16.0 Å². The second-order valence-electron chi connectivity index (χ2n) is 10.0. The van der Waals surface area contributed by atoms with Gasteiger partial charge in [-0.15, -0.1) is 0 Å². The molecule has 1 aromatic heterocycles. The Kier molecular flexibility index (Phi) is 8.29. The van der Waals surface area contributed by atoms with Crippen LogP contribution in [-0.2, 0) is 10.0 Å². The third kappa shape index (κ3) is 5.85.